The van der Waals surface area contributed by atoms with Gasteiger partial charge in [0.2, 0.25) is 0 Å². The molecule has 1 aliphatic heterocycles. The number of H-pyrrole nitrogens is 1. The Labute approximate surface area is 140 Å². The number of amides is 1. The number of carbonyl (C=O) groups is 1. The SMILES string of the molecule is CN1CCC(N(Cc2cccnc2)C(=O)c2c[nH]c(=O)cn2)CC1. The molecule has 1 saturated heterocycles. The number of nitrogens with zero attached hydrogens (tertiary/aromatic N) is 4. The van der Waals surface area contributed by atoms with Crippen molar-refractivity contribution in [1.29, 1.82) is 0 Å². The summed E-state index contributed by atoms with van der Waals surface area (Å²) in [6.45, 7) is 2.41. The number of piperidine rings is 1. The fraction of sp³-hybridized carbons (Fsp3) is 0.412. The normalized spacial score (nSPS) is 16.0. The summed E-state index contributed by atoms with van der Waals surface area (Å²) in [5.41, 5.74) is 0.927. The molecule has 1 fully saturated rings. The van der Waals surface area contributed by atoms with Crippen LogP contribution in [-0.2, 0) is 6.54 Å². The number of pyridine rings is 1. The summed E-state index contributed by atoms with van der Waals surface area (Å²) >= 11 is 0. The van der Waals surface area contributed by atoms with Crippen molar-refractivity contribution in [3.05, 3.63) is 58.5 Å². The zero-order chi connectivity index (χ0) is 16.9. The van der Waals surface area contributed by atoms with Gasteiger partial charge in [-0.2, -0.15) is 0 Å². The third-order valence-corrected chi connectivity index (χ3v) is 4.36. The Morgan fingerprint density at radius 1 is 1.38 bits per heavy atom. The highest BCUT2D eigenvalue weighted by molar-refractivity contribution is 5.92. The molecule has 1 amide bonds. The largest absolute Gasteiger partial charge is 0.330 e. The molecule has 0 aliphatic carbocycles. The zero-order valence-electron chi connectivity index (χ0n) is 13.7. The molecule has 7 nitrogen and oxygen atoms in total. The van der Waals surface area contributed by atoms with Gasteiger partial charge >= 0.3 is 0 Å². The molecule has 0 spiro atoms. The summed E-state index contributed by atoms with van der Waals surface area (Å²) < 4.78 is 0. The first-order chi connectivity index (χ1) is 11.6. The Hall–Kier alpha value is -2.54. The summed E-state index contributed by atoms with van der Waals surface area (Å²) in [6.07, 6.45) is 7.86. The number of hydrogen-bond acceptors (Lipinski definition) is 5. The van der Waals surface area contributed by atoms with E-state index in [1.807, 2.05) is 17.0 Å². The lowest BCUT2D eigenvalue weighted by atomic mass is 10.0. The lowest BCUT2D eigenvalue weighted by Gasteiger charge is -2.37. The molecule has 126 valence electrons. The molecule has 2 aromatic heterocycles. The number of aromatic amines is 1. The number of carbonyl (C=O) groups excluding carboxylic acids is 1. The van der Waals surface area contributed by atoms with E-state index in [-0.39, 0.29) is 23.2 Å². The van der Waals surface area contributed by atoms with E-state index in [2.05, 4.69) is 26.9 Å². The summed E-state index contributed by atoms with van der Waals surface area (Å²) in [7, 11) is 2.09. The fourth-order valence-electron chi connectivity index (χ4n) is 2.97. The maximum absolute atomic E-state index is 12.9. The molecule has 0 bridgehead atoms. The lowest BCUT2D eigenvalue weighted by molar-refractivity contribution is 0.0563. The number of rotatable bonds is 4. The van der Waals surface area contributed by atoms with Crippen LogP contribution in [0.25, 0.3) is 0 Å². The molecule has 1 aliphatic rings. The van der Waals surface area contributed by atoms with E-state index in [0.29, 0.717) is 6.54 Å². The van der Waals surface area contributed by atoms with Gasteiger partial charge in [0.1, 0.15) is 5.69 Å². The van der Waals surface area contributed by atoms with Crippen LogP contribution in [0.1, 0.15) is 28.9 Å². The van der Waals surface area contributed by atoms with Gasteiger partial charge in [0, 0.05) is 31.2 Å². The number of hydrogen-bond donors (Lipinski definition) is 1. The van der Waals surface area contributed by atoms with Crippen LogP contribution < -0.4 is 5.56 Å². The average molecular weight is 327 g/mol. The van der Waals surface area contributed by atoms with Crippen LogP contribution >= 0.6 is 0 Å². The molecule has 7 heteroatoms. The molecule has 0 aromatic carbocycles. The minimum atomic E-state index is -0.315. The van der Waals surface area contributed by atoms with E-state index >= 15 is 0 Å². The average Bonchev–Trinajstić information content (AvgIpc) is 2.62. The monoisotopic (exact) mass is 327 g/mol. The van der Waals surface area contributed by atoms with E-state index in [1.54, 1.807) is 12.4 Å². The summed E-state index contributed by atoms with van der Waals surface area (Å²) in [6, 6.07) is 3.98. The van der Waals surface area contributed by atoms with Crippen molar-refractivity contribution in [1.82, 2.24) is 24.8 Å². The second kappa shape index (κ2) is 7.35. The van der Waals surface area contributed by atoms with Crippen LogP contribution in [0.4, 0.5) is 0 Å². The highest BCUT2D eigenvalue weighted by Crippen LogP contribution is 2.20. The van der Waals surface area contributed by atoms with Crippen LogP contribution in [0, 0.1) is 0 Å². The number of nitrogens with one attached hydrogen (secondary N) is 1. The molecule has 3 rings (SSSR count). The van der Waals surface area contributed by atoms with Gasteiger partial charge < -0.3 is 14.8 Å². The smallest absolute Gasteiger partial charge is 0.274 e. The zero-order valence-corrected chi connectivity index (χ0v) is 13.7. The van der Waals surface area contributed by atoms with Crippen LogP contribution in [0.15, 0.2) is 41.7 Å². The highest BCUT2D eigenvalue weighted by Gasteiger charge is 2.28. The van der Waals surface area contributed by atoms with E-state index in [0.717, 1.165) is 37.7 Å². The van der Waals surface area contributed by atoms with Gasteiger partial charge in [-0.1, -0.05) is 6.07 Å². The van der Waals surface area contributed by atoms with Gasteiger partial charge in [0.25, 0.3) is 11.5 Å². The topological polar surface area (TPSA) is 82.2 Å². The Bertz CT molecular complexity index is 718. The first-order valence-electron chi connectivity index (χ1n) is 8.06. The van der Waals surface area contributed by atoms with E-state index in [1.165, 1.54) is 6.20 Å². The molecule has 0 unspecified atom stereocenters. The minimum Gasteiger partial charge on any atom is -0.330 e. The van der Waals surface area contributed by atoms with Gasteiger partial charge in [-0.15, -0.1) is 0 Å². The summed E-state index contributed by atoms with van der Waals surface area (Å²) in [5, 5.41) is 0. The van der Waals surface area contributed by atoms with Crippen molar-refractivity contribution >= 4 is 5.91 Å². The summed E-state index contributed by atoms with van der Waals surface area (Å²) in [5.74, 6) is -0.162. The van der Waals surface area contributed by atoms with Crippen molar-refractivity contribution in [2.24, 2.45) is 0 Å². The maximum atomic E-state index is 12.9. The van der Waals surface area contributed by atoms with Gasteiger partial charge in [-0.25, -0.2) is 4.98 Å². The Kier molecular flexibility index (Phi) is 5.00. The standard InChI is InChI=1S/C17H21N5O2/c1-21-7-4-14(5-8-21)22(12-13-3-2-6-18-9-13)17(24)15-10-20-16(23)11-19-15/h2-3,6,9-11,14H,4-5,7-8,12H2,1H3,(H,20,23). The number of aromatic nitrogens is 3. The van der Waals surface area contributed by atoms with Gasteiger partial charge in [0.05, 0.1) is 6.20 Å². The van der Waals surface area contributed by atoms with Crippen molar-refractivity contribution in [3.63, 3.8) is 0 Å². The van der Waals surface area contributed by atoms with Gasteiger partial charge in [-0.3, -0.25) is 14.6 Å². The van der Waals surface area contributed by atoms with Crippen molar-refractivity contribution < 1.29 is 4.79 Å². The van der Waals surface area contributed by atoms with Crippen molar-refractivity contribution in [2.45, 2.75) is 25.4 Å². The molecular weight excluding hydrogens is 306 g/mol. The lowest BCUT2D eigenvalue weighted by Crippen LogP contribution is -2.46. The fourth-order valence-corrected chi connectivity index (χ4v) is 2.97. The van der Waals surface area contributed by atoms with E-state index in [4.69, 9.17) is 0 Å². The van der Waals surface area contributed by atoms with Gasteiger partial charge in [-0.05, 0) is 44.6 Å². The number of likely N-dealkylation sites (tertiary alicyclic amines) is 1. The van der Waals surface area contributed by atoms with Crippen LogP contribution in [0.2, 0.25) is 0 Å². The second-order valence-corrected chi connectivity index (χ2v) is 6.13. The predicted molar refractivity (Wildman–Crippen MR) is 89.5 cm³/mol. The van der Waals surface area contributed by atoms with Gasteiger partial charge in [0.15, 0.2) is 0 Å². The molecule has 0 radical (unpaired) electrons. The third-order valence-electron chi connectivity index (χ3n) is 4.36. The quantitative estimate of drug-likeness (QED) is 0.902. The van der Waals surface area contributed by atoms with Crippen molar-refractivity contribution in [3.8, 4) is 0 Å². The molecule has 1 N–H and O–H groups in total. The predicted octanol–water partition coefficient (Wildman–Crippen LogP) is 0.901. The summed E-state index contributed by atoms with van der Waals surface area (Å²) in [4.78, 5) is 38.9. The molecule has 0 atom stereocenters. The van der Waals surface area contributed by atoms with Crippen molar-refractivity contribution in [2.75, 3.05) is 20.1 Å². The van der Waals surface area contributed by atoms with E-state index in [9.17, 15) is 9.59 Å². The van der Waals surface area contributed by atoms with E-state index < -0.39 is 0 Å². The molecular formula is C17H21N5O2. The maximum Gasteiger partial charge on any atom is 0.274 e. The first-order valence-corrected chi connectivity index (χ1v) is 8.06. The highest BCUT2D eigenvalue weighted by atomic mass is 16.2. The third kappa shape index (κ3) is 3.86. The first kappa shape index (κ1) is 16.3. The molecule has 2 aromatic rings. The molecule has 3 heterocycles. The van der Waals surface area contributed by atoms with Crippen LogP contribution in [0.5, 0.6) is 0 Å². The van der Waals surface area contributed by atoms with Crippen LogP contribution in [-0.4, -0.2) is 56.8 Å². The Balaban J connectivity index is 1.84. The molecule has 0 saturated carbocycles. The Morgan fingerprint density at radius 3 is 2.79 bits per heavy atom. The Morgan fingerprint density at radius 2 is 2.17 bits per heavy atom. The molecule has 24 heavy (non-hydrogen) atoms. The second-order valence-electron chi connectivity index (χ2n) is 6.13. The minimum absolute atomic E-state index is 0.155. The van der Waals surface area contributed by atoms with Crippen LogP contribution in [0.3, 0.4) is 0 Å².